The number of hydrogen-bond acceptors (Lipinski definition) is 0. The van der Waals surface area contributed by atoms with E-state index in [1.807, 2.05) is 0 Å². The Balaban J connectivity index is 2.05. The average molecular weight is 343 g/mol. The van der Waals surface area contributed by atoms with Crippen LogP contribution in [0.25, 0.3) is 0 Å². The average Bonchev–Trinajstić information content (AvgIpc) is 2.42. The van der Waals surface area contributed by atoms with Crippen LogP contribution in [-0.4, -0.2) is 11.6 Å². The van der Waals surface area contributed by atoms with E-state index in [-0.39, 0.29) is 35.8 Å². The summed E-state index contributed by atoms with van der Waals surface area (Å²) in [7, 11) is 0. The lowest BCUT2D eigenvalue weighted by Gasteiger charge is -2.33. The summed E-state index contributed by atoms with van der Waals surface area (Å²) in [4.78, 5) is 0. The van der Waals surface area contributed by atoms with E-state index in [1.165, 1.54) is 12.1 Å². The fourth-order valence-electron chi connectivity index (χ4n) is 2.94. The van der Waals surface area contributed by atoms with Gasteiger partial charge >= 0.3 is 6.18 Å². The van der Waals surface area contributed by atoms with E-state index in [2.05, 4.69) is 0 Å². The SMILES string of the molecule is Fc1cccc(Cl)c1CC(Cl)C1CCCC(C(F)(F)F)C1. The fraction of sp³-hybridized carbons (Fsp3) is 0.600. The minimum Gasteiger partial charge on any atom is -0.207 e. The molecule has 0 aliphatic heterocycles. The topological polar surface area (TPSA) is 0 Å². The van der Waals surface area contributed by atoms with Gasteiger partial charge in [0.25, 0.3) is 0 Å². The molecule has 0 saturated heterocycles. The van der Waals surface area contributed by atoms with Crippen LogP contribution in [0.4, 0.5) is 17.6 Å². The van der Waals surface area contributed by atoms with Crippen LogP contribution in [0.1, 0.15) is 31.2 Å². The first-order valence-electron chi connectivity index (χ1n) is 6.92. The summed E-state index contributed by atoms with van der Waals surface area (Å²) in [5.74, 6) is -2.02. The number of rotatable bonds is 3. The van der Waals surface area contributed by atoms with Gasteiger partial charge in [0.15, 0.2) is 0 Å². The molecular weight excluding hydrogens is 327 g/mol. The fourth-order valence-corrected chi connectivity index (χ4v) is 3.57. The molecule has 0 heterocycles. The zero-order valence-electron chi connectivity index (χ0n) is 11.3. The lowest BCUT2D eigenvalue weighted by molar-refractivity contribution is -0.185. The van der Waals surface area contributed by atoms with Gasteiger partial charge in [0, 0.05) is 16.0 Å². The van der Waals surface area contributed by atoms with Crippen molar-refractivity contribution in [3.8, 4) is 0 Å². The Morgan fingerprint density at radius 2 is 1.95 bits per heavy atom. The zero-order valence-corrected chi connectivity index (χ0v) is 12.8. The summed E-state index contributed by atoms with van der Waals surface area (Å²) < 4.78 is 52.1. The molecule has 21 heavy (non-hydrogen) atoms. The van der Waals surface area contributed by atoms with E-state index in [4.69, 9.17) is 23.2 Å². The molecule has 2 rings (SSSR count). The predicted molar refractivity (Wildman–Crippen MR) is 76.3 cm³/mol. The Morgan fingerprint density at radius 3 is 2.57 bits per heavy atom. The quantitative estimate of drug-likeness (QED) is 0.467. The van der Waals surface area contributed by atoms with Crippen LogP contribution in [-0.2, 0) is 6.42 Å². The van der Waals surface area contributed by atoms with E-state index >= 15 is 0 Å². The van der Waals surface area contributed by atoms with E-state index in [9.17, 15) is 17.6 Å². The van der Waals surface area contributed by atoms with Crippen molar-refractivity contribution < 1.29 is 17.6 Å². The molecule has 0 radical (unpaired) electrons. The molecule has 1 aromatic rings. The smallest absolute Gasteiger partial charge is 0.207 e. The molecule has 0 N–H and O–H groups in total. The van der Waals surface area contributed by atoms with Crippen molar-refractivity contribution in [3.05, 3.63) is 34.6 Å². The predicted octanol–water partition coefficient (Wildman–Crippen LogP) is 6.00. The van der Waals surface area contributed by atoms with Gasteiger partial charge in [-0.25, -0.2) is 4.39 Å². The zero-order chi connectivity index (χ0) is 15.6. The van der Waals surface area contributed by atoms with Crippen molar-refractivity contribution in [1.82, 2.24) is 0 Å². The molecule has 1 aliphatic rings. The molecule has 1 saturated carbocycles. The largest absolute Gasteiger partial charge is 0.391 e. The minimum absolute atomic E-state index is 0.0176. The molecule has 0 aromatic heterocycles. The Bertz CT molecular complexity index is 467. The van der Waals surface area contributed by atoms with Crippen LogP contribution in [0.15, 0.2) is 18.2 Å². The molecule has 0 bridgehead atoms. The second kappa shape index (κ2) is 6.74. The standard InChI is InChI=1S/C15H16Cl2F4/c16-12-5-2-6-14(18)11(12)8-13(17)9-3-1-4-10(7-9)15(19,20)21/h2,5-6,9-10,13H,1,3-4,7-8H2. The van der Waals surface area contributed by atoms with Gasteiger partial charge in [-0.3, -0.25) is 0 Å². The van der Waals surface area contributed by atoms with Gasteiger partial charge < -0.3 is 0 Å². The number of halogens is 6. The van der Waals surface area contributed by atoms with Crippen molar-refractivity contribution >= 4 is 23.2 Å². The van der Waals surface area contributed by atoms with Crippen LogP contribution >= 0.6 is 23.2 Å². The van der Waals surface area contributed by atoms with Crippen molar-refractivity contribution in [1.29, 1.82) is 0 Å². The van der Waals surface area contributed by atoms with Gasteiger partial charge in [0.1, 0.15) is 5.82 Å². The summed E-state index contributed by atoms with van der Waals surface area (Å²) in [5, 5.41) is -0.270. The highest BCUT2D eigenvalue weighted by atomic mass is 35.5. The van der Waals surface area contributed by atoms with E-state index in [0.717, 1.165) is 0 Å². The summed E-state index contributed by atoms with van der Waals surface area (Å²) in [6.45, 7) is 0. The summed E-state index contributed by atoms with van der Waals surface area (Å²) in [6.07, 6.45) is -2.70. The molecule has 3 unspecified atom stereocenters. The normalized spacial score (nSPS) is 24.9. The molecule has 3 atom stereocenters. The lowest BCUT2D eigenvalue weighted by Crippen LogP contribution is -2.32. The maximum atomic E-state index is 13.7. The molecule has 1 aliphatic carbocycles. The maximum absolute atomic E-state index is 13.7. The monoisotopic (exact) mass is 342 g/mol. The van der Waals surface area contributed by atoms with Crippen LogP contribution in [0, 0.1) is 17.7 Å². The molecular formula is C15H16Cl2F4. The molecule has 0 amide bonds. The van der Waals surface area contributed by atoms with Gasteiger partial charge in [0.05, 0.1) is 5.92 Å². The number of hydrogen-bond donors (Lipinski definition) is 0. The Hall–Kier alpha value is -0.480. The Labute approximate surface area is 131 Å². The van der Waals surface area contributed by atoms with E-state index in [1.54, 1.807) is 6.07 Å². The third-order valence-corrected chi connectivity index (χ3v) is 5.01. The van der Waals surface area contributed by atoms with Crippen molar-refractivity contribution in [3.63, 3.8) is 0 Å². The molecule has 1 fully saturated rings. The van der Waals surface area contributed by atoms with Gasteiger partial charge in [-0.15, -0.1) is 11.6 Å². The molecule has 0 nitrogen and oxygen atoms in total. The maximum Gasteiger partial charge on any atom is 0.391 e. The number of alkyl halides is 4. The van der Waals surface area contributed by atoms with Crippen LogP contribution in [0.2, 0.25) is 5.02 Å². The highest BCUT2D eigenvalue weighted by Gasteiger charge is 2.43. The summed E-state index contributed by atoms with van der Waals surface area (Å²) >= 11 is 12.2. The summed E-state index contributed by atoms with van der Waals surface area (Å²) in [6, 6.07) is 4.33. The lowest BCUT2D eigenvalue weighted by atomic mass is 9.78. The first-order valence-corrected chi connectivity index (χ1v) is 7.74. The second-order valence-corrected chi connectivity index (χ2v) is 6.55. The molecule has 118 valence electrons. The van der Waals surface area contributed by atoms with Crippen molar-refractivity contribution in [2.24, 2.45) is 11.8 Å². The highest BCUT2D eigenvalue weighted by molar-refractivity contribution is 6.31. The summed E-state index contributed by atoms with van der Waals surface area (Å²) in [5.41, 5.74) is 0.285. The highest BCUT2D eigenvalue weighted by Crippen LogP contribution is 2.42. The van der Waals surface area contributed by atoms with E-state index < -0.39 is 23.3 Å². The second-order valence-electron chi connectivity index (χ2n) is 5.59. The minimum atomic E-state index is -4.18. The Kier molecular flexibility index (Phi) is 5.42. The third kappa shape index (κ3) is 4.26. The van der Waals surface area contributed by atoms with Gasteiger partial charge in [-0.1, -0.05) is 24.1 Å². The van der Waals surface area contributed by atoms with Crippen LogP contribution in [0.5, 0.6) is 0 Å². The Morgan fingerprint density at radius 1 is 1.24 bits per heavy atom. The van der Waals surface area contributed by atoms with Crippen molar-refractivity contribution in [2.75, 3.05) is 0 Å². The van der Waals surface area contributed by atoms with Gasteiger partial charge in [-0.2, -0.15) is 13.2 Å². The third-order valence-electron chi connectivity index (χ3n) is 4.15. The van der Waals surface area contributed by atoms with Crippen molar-refractivity contribution in [2.45, 2.75) is 43.7 Å². The van der Waals surface area contributed by atoms with Crippen LogP contribution < -0.4 is 0 Å². The molecule has 6 heteroatoms. The van der Waals surface area contributed by atoms with E-state index in [0.29, 0.717) is 12.8 Å². The first-order chi connectivity index (χ1) is 9.79. The number of benzene rings is 1. The molecule has 0 spiro atoms. The van der Waals surface area contributed by atoms with Crippen LogP contribution in [0.3, 0.4) is 0 Å². The first kappa shape index (κ1) is 16.9. The van der Waals surface area contributed by atoms with Gasteiger partial charge in [0.2, 0.25) is 0 Å². The van der Waals surface area contributed by atoms with Gasteiger partial charge in [-0.05, 0) is 43.7 Å². The molecule has 1 aromatic carbocycles.